The van der Waals surface area contributed by atoms with Gasteiger partial charge >= 0.3 is 0 Å². The Bertz CT molecular complexity index is 158. The second-order valence-corrected chi connectivity index (χ2v) is 4.16. The van der Waals surface area contributed by atoms with Crippen LogP contribution < -0.4 is 0 Å². The zero-order valence-electron chi connectivity index (χ0n) is 8.86. The van der Waals surface area contributed by atoms with E-state index in [2.05, 4.69) is 13.8 Å². The fourth-order valence-corrected chi connectivity index (χ4v) is 1.87. The predicted molar refractivity (Wildman–Crippen MR) is 50.6 cm³/mol. The molecule has 1 aliphatic heterocycles. The lowest BCUT2D eigenvalue weighted by Crippen LogP contribution is -2.50. The minimum Gasteiger partial charge on any atom is -0.388 e. The maximum atomic E-state index is 9.87. The standard InChI is InChI=1S/C10H20O3/c1-6(2)10-9(11)8(12-4)5-7(3)13-10/h6-11H,5H2,1-4H3. The van der Waals surface area contributed by atoms with E-state index in [-0.39, 0.29) is 18.3 Å². The van der Waals surface area contributed by atoms with Crippen LogP contribution in [-0.2, 0) is 9.47 Å². The molecule has 1 aliphatic rings. The molecule has 4 atom stereocenters. The molecule has 1 rings (SSSR count). The van der Waals surface area contributed by atoms with Crippen molar-refractivity contribution in [1.29, 1.82) is 0 Å². The van der Waals surface area contributed by atoms with Gasteiger partial charge in [0.1, 0.15) is 6.10 Å². The van der Waals surface area contributed by atoms with Crippen LogP contribution in [0.15, 0.2) is 0 Å². The van der Waals surface area contributed by atoms with Crippen LogP contribution in [0.4, 0.5) is 0 Å². The van der Waals surface area contributed by atoms with Crippen LogP contribution in [-0.4, -0.2) is 36.6 Å². The highest BCUT2D eigenvalue weighted by Crippen LogP contribution is 2.26. The van der Waals surface area contributed by atoms with Crippen molar-refractivity contribution < 1.29 is 14.6 Å². The summed E-state index contributed by atoms with van der Waals surface area (Å²) >= 11 is 0. The number of ether oxygens (including phenoxy) is 2. The average Bonchev–Trinajstić information content (AvgIpc) is 2.08. The van der Waals surface area contributed by atoms with Gasteiger partial charge in [0.05, 0.1) is 18.3 Å². The van der Waals surface area contributed by atoms with Gasteiger partial charge in [0.2, 0.25) is 0 Å². The third-order valence-corrected chi connectivity index (χ3v) is 2.63. The quantitative estimate of drug-likeness (QED) is 0.707. The maximum Gasteiger partial charge on any atom is 0.107 e. The highest BCUT2D eigenvalue weighted by Gasteiger charge is 2.37. The summed E-state index contributed by atoms with van der Waals surface area (Å²) in [7, 11) is 1.64. The highest BCUT2D eigenvalue weighted by atomic mass is 16.5. The van der Waals surface area contributed by atoms with Crippen LogP contribution in [0.25, 0.3) is 0 Å². The molecule has 1 fully saturated rings. The maximum absolute atomic E-state index is 9.87. The van der Waals surface area contributed by atoms with Gasteiger partial charge in [-0.25, -0.2) is 0 Å². The zero-order valence-corrected chi connectivity index (χ0v) is 8.86. The molecule has 1 saturated heterocycles. The first-order chi connectivity index (χ1) is 6.06. The lowest BCUT2D eigenvalue weighted by molar-refractivity contribution is -0.184. The second-order valence-electron chi connectivity index (χ2n) is 4.16. The Balaban J connectivity index is 2.63. The summed E-state index contributed by atoms with van der Waals surface area (Å²) in [6.07, 6.45) is 0.313. The zero-order chi connectivity index (χ0) is 10.0. The third kappa shape index (κ3) is 2.42. The minimum absolute atomic E-state index is 0.0730. The first-order valence-corrected chi connectivity index (χ1v) is 4.92. The van der Waals surface area contributed by atoms with E-state index in [1.807, 2.05) is 6.92 Å². The molecule has 0 aromatic carbocycles. The summed E-state index contributed by atoms with van der Waals surface area (Å²) in [5, 5.41) is 9.87. The number of hydrogen-bond donors (Lipinski definition) is 1. The first-order valence-electron chi connectivity index (χ1n) is 4.92. The van der Waals surface area contributed by atoms with E-state index < -0.39 is 6.10 Å². The molecule has 0 aromatic rings. The summed E-state index contributed by atoms with van der Waals surface area (Å²) < 4.78 is 10.9. The summed E-state index contributed by atoms with van der Waals surface area (Å²) in [5.41, 5.74) is 0. The van der Waals surface area contributed by atoms with Gasteiger partial charge in [-0.2, -0.15) is 0 Å². The van der Waals surface area contributed by atoms with E-state index in [0.29, 0.717) is 5.92 Å². The van der Waals surface area contributed by atoms with Gasteiger partial charge in [0, 0.05) is 13.5 Å². The Morgan fingerprint density at radius 2 is 2.08 bits per heavy atom. The first kappa shape index (κ1) is 11.0. The lowest BCUT2D eigenvalue weighted by atomic mass is 9.91. The highest BCUT2D eigenvalue weighted by molar-refractivity contribution is 4.86. The number of aliphatic hydroxyl groups excluding tert-OH is 1. The molecule has 78 valence electrons. The molecule has 13 heavy (non-hydrogen) atoms. The molecule has 0 amide bonds. The van der Waals surface area contributed by atoms with Crippen LogP contribution in [0.2, 0.25) is 0 Å². The number of rotatable bonds is 2. The number of methoxy groups -OCH3 is 1. The van der Waals surface area contributed by atoms with Crippen molar-refractivity contribution in [3.8, 4) is 0 Å². The van der Waals surface area contributed by atoms with Crippen molar-refractivity contribution in [3.63, 3.8) is 0 Å². The van der Waals surface area contributed by atoms with E-state index in [9.17, 15) is 5.11 Å². The largest absolute Gasteiger partial charge is 0.388 e. The molecule has 3 nitrogen and oxygen atoms in total. The fourth-order valence-electron chi connectivity index (χ4n) is 1.87. The molecule has 0 spiro atoms. The van der Waals surface area contributed by atoms with Gasteiger partial charge in [0.15, 0.2) is 0 Å². The van der Waals surface area contributed by atoms with Gasteiger partial charge in [-0.15, -0.1) is 0 Å². The Morgan fingerprint density at radius 1 is 1.46 bits per heavy atom. The lowest BCUT2D eigenvalue weighted by Gasteiger charge is -2.39. The molecular formula is C10H20O3. The summed E-state index contributed by atoms with van der Waals surface area (Å²) in [4.78, 5) is 0. The SMILES string of the molecule is COC1CC(C)OC(C(C)C)C1O. The smallest absolute Gasteiger partial charge is 0.107 e. The summed E-state index contributed by atoms with van der Waals surface area (Å²) in [5.74, 6) is 0.329. The molecule has 3 heteroatoms. The van der Waals surface area contributed by atoms with Crippen LogP contribution in [0, 0.1) is 5.92 Å². The van der Waals surface area contributed by atoms with Crippen LogP contribution in [0.3, 0.4) is 0 Å². The monoisotopic (exact) mass is 188 g/mol. The third-order valence-electron chi connectivity index (χ3n) is 2.63. The molecule has 1 heterocycles. The van der Waals surface area contributed by atoms with Gasteiger partial charge in [-0.05, 0) is 12.8 Å². The van der Waals surface area contributed by atoms with Crippen molar-refractivity contribution in [2.75, 3.05) is 7.11 Å². The van der Waals surface area contributed by atoms with Gasteiger partial charge in [-0.1, -0.05) is 13.8 Å². The predicted octanol–water partition coefficient (Wildman–Crippen LogP) is 1.20. The molecule has 0 aromatic heterocycles. The van der Waals surface area contributed by atoms with Crippen molar-refractivity contribution in [1.82, 2.24) is 0 Å². The fraction of sp³-hybridized carbons (Fsp3) is 1.00. The molecule has 0 bridgehead atoms. The van der Waals surface area contributed by atoms with E-state index in [1.165, 1.54) is 0 Å². The molecule has 0 aliphatic carbocycles. The van der Waals surface area contributed by atoms with Gasteiger partial charge in [0.25, 0.3) is 0 Å². The minimum atomic E-state index is -0.485. The van der Waals surface area contributed by atoms with Gasteiger partial charge in [-0.3, -0.25) is 0 Å². The topological polar surface area (TPSA) is 38.7 Å². The average molecular weight is 188 g/mol. The van der Waals surface area contributed by atoms with Crippen molar-refractivity contribution in [2.45, 2.75) is 51.6 Å². The van der Waals surface area contributed by atoms with Crippen molar-refractivity contribution in [2.24, 2.45) is 5.92 Å². The van der Waals surface area contributed by atoms with Crippen molar-refractivity contribution in [3.05, 3.63) is 0 Å². The van der Waals surface area contributed by atoms with Crippen LogP contribution in [0.5, 0.6) is 0 Å². The molecule has 4 unspecified atom stereocenters. The van der Waals surface area contributed by atoms with E-state index in [1.54, 1.807) is 7.11 Å². The Labute approximate surface area is 80.0 Å². The second kappa shape index (κ2) is 4.40. The summed E-state index contributed by atoms with van der Waals surface area (Å²) in [6.45, 7) is 6.13. The molecule has 0 radical (unpaired) electrons. The Hall–Kier alpha value is -0.120. The van der Waals surface area contributed by atoms with E-state index >= 15 is 0 Å². The molecule has 0 saturated carbocycles. The van der Waals surface area contributed by atoms with E-state index in [4.69, 9.17) is 9.47 Å². The normalized spacial score (nSPS) is 41.1. The molecular weight excluding hydrogens is 168 g/mol. The Kier molecular flexibility index (Phi) is 3.71. The number of hydrogen-bond acceptors (Lipinski definition) is 3. The molecule has 1 N–H and O–H groups in total. The van der Waals surface area contributed by atoms with Gasteiger partial charge < -0.3 is 14.6 Å². The van der Waals surface area contributed by atoms with Crippen LogP contribution >= 0.6 is 0 Å². The van der Waals surface area contributed by atoms with E-state index in [0.717, 1.165) is 6.42 Å². The van der Waals surface area contributed by atoms with Crippen molar-refractivity contribution >= 4 is 0 Å². The Morgan fingerprint density at radius 3 is 2.54 bits per heavy atom. The van der Waals surface area contributed by atoms with Crippen LogP contribution in [0.1, 0.15) is 27.2 Å². The summed E-state index contributed by atoms with van der Waals surface area (Å²) in [6, 6.07) is 0. The number of aliphatic hydroxyl groups is 1.